The molecule has 1 amide bonds. The average Bonchev–Trinajstić information content (AvgIpc) is 2.68. The van der Waals surface area contributed by atoms with Crippen molar-refractivity contribution in [1.82, 2.24) is 5.32 Å². The summed E-state index contributed by atoms with van der Waals surface area (Å²) < 4.78 is 12.0. The molecule has 2 aliphatic rings. The highest BCUT2D eigenvalue weighted by molar-refractivity contribution is 5.85. The molecule has 2 unspecified atom stereocenters. The smallest absolute Gasteiger partial charge is 0.239 e. The van der Waals surface area contributed by atoms with E-state index in [4.69, 9.17) is 15.2 Å². The SMILES string of the molecule is CCCC(C)(N)C(=O)NCC1COC2(CCCCCC2)O1. The normalized spacial score (nSPS) is 28.0. The highest BCUT2D eigenvalue weighted by atomic mass is 16.7. The van der Waals surface area contributed by atoms with E-state index in [-0.39, 0.29) is 17.8 Å². The lowest BCUT2D eigenvalue weighted by Crippen LogP contribution is -2.53. The van der Waals surface area contributed by atoms with Gasteiger partial charge in [0.05, 0.1) is 12.1 Å². The zero-order valence-corrected chi connectivity index (χ0v) is 13.5. The Kier molecular flexibility index (Phi) is 5.63. The van der Waals surface area contributed by atoms with Gasteiger partial charge in [0.1, 0.15) is 6.10 Å². The van der Waals surface area contributed by atoms with Crippen LogP contribution < -0.4 is 11.1 Å². The lowest BCUT2D eigenvalue weighted by Gasteiger charge is -2.27. The molecule has 1 saturated heterocycles. The number of rotatable bonds is 5. The van der Waals surface area contributed by atoms with Gasteiger partial charge in [-0.25, -0.2) is 0 Å². The molecule has 5 heteroatoms. The molecule has 0 radical (unpaired) electrons. The third-order valence-corrected chi connectivity index (χ3v) is 4.56. The third-order valence-electron chi connectivity index (χ3n) is 4.56. The Morgan fingerprint density at radius 1 is 1.33 bits per heavy atom. The van der Waals surface area contributed by atoms with E-state index in [2.05, 4.69) is 5.32 Å². The summed E-state index contributed by atoms with van der Waals surface area (Å²) in [4.78, 5) is 12.1. The highest BCUT2D eigenvalue weighted by Gasteiger charge is 2.41. The van der Waals surface area contributed by atoms with E-state index in [9.17, 15) is 4.79 Å². The van der Waals surface area contributed by atoms with E-state index in [1.165, 1.54) is 12.8 Å². The average molecular weight is 298 g/mol. The van der Waals surface area contributed by atoms with Crippen LogP contribution in [0.1, 0.15) is 65.2 Å². The van der Waals surface area contributed by atoms with Crippen molar-refractivity contribution in [3.8, 4) is 0 Å². The molecule has 0 aromatic heterocycles. The predicted octanol–water partition coefficient (Wildman–Crippen LogP) is 2.09. The Balaban J connectivity index is 1.79. The van der Waals surface area contributed by atoms with Gasteiger partial charge in [0, 0.05) is 19.4 Å². The zero-order chi connectivity index (χ0) is 15.3. The lowest BCUT2D eigenvalue weighted by atomic mass is 9.96. The van der Waals surface area contributed by atoms with Crippen molar-refractivity contribution in [1.29, 1.82) is 0 Å². The predicted molar refractivity (Wildman–Crippen MR) is 81.8 cm³/mol. The van der Waals surface area contributed by atoms with E-state index in [1.807, 2.05) is 6.92 Å². The van der Waals surface area contributed by atoms with Crippen molar-refractivity contribution < 1.29 is 14.3 Å². The first-order valence-corrected chi connectivity index (χ1v) is 8.36. The van der Waals surface area contributed by atoms with Gasteiger partial charge in [0.25, 0.3) is 0 Å². The summed E-state index contributed by atoms with van der Waals surface area (Å²) in [6.45, 7) is 4.86. The molecule has 21 heavy (non-hydrogen) atoms. The van der Waals surface area contributed by atoms with E-state index < -0.39 is 5.54 Å². The molecule has 1 saturated carbocycles. The number of carbonyl (C=O) groups is 1. The lowest BCUT2D eigenvalue weighted by molar-refractivity contribution is -0.175. The Labute approximate surface area is 127 Å². The molecule has 122 valence electrons. The van der Waals surface area contributed by atoms with Gasteiger partial charge in [-0.3, -0.25) is 4.79 Å². The molecule has 0 bridgehead atoms. The van der Waals surface area contributed by atoms with E-state index >= 15 is 0 Å². The minimum Gasteiger partial charge on any atom is -0.352 e. The first kappa shape index (κ1) is 16.7. The van der Waals surface area contributed by atoms with Crippen molar-refractivity contribution in [2.75, 3.05) is 13.2 Å². The summed E-state index contributed by atoms with van der Waals surface area (Å²) in [5.74, 6) is -0.490. The largest absolute Gasteiger partial charge is 0.352 e. The Morgan fingerprint density at radius 2 is 2.00 bits per heavy atom. The standard InChI is InChI=1S/C16H30N2O3/c1-3-8-15(2,17)14(19)18-11-13-12-20-16(21-13)9-6-4-5-7-10-16/h13H,3-12,17H2,1-2H3,(H,18,19). The summed E-state index contributed by atoms with van der Waals surface area (Å²) in [7, 11) is 0. The van der Waals surface area contributed by atoms with Gasteiger partial charge >= 0.3 is 0 Å². The first-order valence-electron chi connectivity index (χ1n) is 8.36. The summed E-state index contributed by atoms with van der Waals surface area (Å²) in [5, 5.41) is 2.92. The van der Waals surface area contributed by atoms with Crippen LogP contribution in [0.15, 0.2) is 0 Å². The molecule has 1 spiro atoms. The monoisotopic (exact) mass is 298 g/mol. The molecule has 2 rings (SSSR count). The van der Waals surface area contributed by atoms with Crippen LogP contribution in [0.25, 0.3) is 0 Å². The Bertz CT molecular complexity index is 349. The second-order valence-corrected chi connectivity index (χ2v) is 6.75. The van der Waals surface area contributed by atoms with Gasteiger partial charge in [-0.15, -0.1) is 0 Å². The van der Waals surface area contributed by atoms with Gasteiger partial charge in [0.15, 0.2) is 5.79 Å². The molecule has 0 aromatic rings. The maximum atomic E-state index is 12.1. The molecule has 0 aromatic carbocycles. The van der Waals surface area contributed by atoms with Crippen molar-refractivity contribution in [3.63, 3.8) is 0 Å². The molecule has 5 nitrogen and oxygen atoms in total. The van der Waals surface area contributed by atoms with E-state index in [1.54, 1.807) is 6.92 Å². The number of hydrogen-bond donors (Lipinski definition) is 2. The van der Waals surface area contributed by atoms with E-state index in [0.717, 1.165) is 32.1 Å². The topological polar surface area (TPSA) is 73.6 Å². The van der Waals surface area contributed by atoms with Gasteiger partial charge in [0.2, 0.25) is 5.91 Å². The second-order valence-electron chi connectivity index (χ2n) is 6.75. The molecular formula is C16H30N2O3. The Hall–Kier alpha value is -0.650. The first-order chi connectivity index (χ1) is 9.97. The molecule has 2 fully saturated rings. The number of hydrogen-bond acceptors (Lipinski definition) is 4. The van der Waals surface area contributed by atoms with Crippen molar-refractivity contribution in [3.05, 3.63) is 0 Å². The number of nitrogens with one attached hydrogen (secondary N) is 1. The van der Waals surface area contributed by atoms with Gasteiger partial charge in [-0.05, 0) is 26.2 Å². The van der Waals surface area contributed by atoms with Crippen LogP contribution >= 0.6 is 0 Å². The minimum atomic E-state index is -0.797. The molecule has 3 N–H and O–H groups in total. The minimum absolute atomic E-state index is 0.0514. The second kappa shape index (κ2) is 7.07. The van der Waals surface area contributed by atoms with Crippen LogP contribution in [-0.2, 0) is 14.3 Å². The summed E-state index contributed by atoms with van der Waals surface area (Å²) in [6.07, 6.45) is 8.33. The number of ether oxygens (including phenoxy) is 2. The van der Waals surface area contributed by atoms with Crippen molar-refractivity contribution in [2.45, 2.75) is 82.6 Å². The molecule has 1 aliphatic heterocycles. The van der Waals surface area contributed by atoms with Gasteiger partial charge in [-0.1, -0.05) is 26.2 Å². The van der Waals surface area contributed by atoms with E-state index in [0.29, 0.717) is 19.6 Å². The fraction of sp³-hybridized carbons (Fsp3) is 0.938. The fourth-order valence-corrected chi connectivity index (χ4v) is 3.29. The van der Waals surface area contributed by atoms with Crippen molar-refractivity contribution in [2.24, 2.45) is 5.73 Å². The van der Waals surface area contributed by atoms with Crippen LogP contribution in [0, 0.1) is 0 Å². The van der Waals surface area contributed by atoms with Crippen molar-refractivity contribution >= 4 is 5.91 Å². The molecule has 1 aliphatic carbocycles. The van der Waals surface area contributed by atoms with Gasteiger partial charge in [-0.2, -0.15) is 0 Å². The van der Waals surface area contributed by atoms with Crippen LogP contribution in [0.5, 0.6) is 0 Å². The van der Waals surface area contributed by atoms with Gasteiger partial charge < -0.3 is 20.5 Å². The Morgan fingerprint density at radius 3 is 2.62 bits per heavy atom. The zero-order valence-electron chi connectivity index (χ0n) is 13.5. The quantitative estimate of drug-likeness (QED) is 0.815. The maximum absolute atomic E-state index is 12.1. The summed E-state index contributed by atoms with van der Waals surface area (Å²) in [6, 6.07) is 0. The summed E-state index contributed by atoms with van der Waals surface area (Å²) in [5.41, 5.74) is 5.23. The summed E-state index contributed by atoms with van der Waals surface area (Å²) >= 11 is 0. The maximum Gasteiger partial charge on any atom is 0.239 e. The molecule has 2 atom stereocenters. The van der Waals surface area contributed by atoms with Crippen LogP contribution in [0.2, 0.25) is 0 Å². The third kappa shape index (κ3) is 4.41. The van der Waals surface area contributed by atoms with Crippen LogP contribution in [0.4, 0.5) is 0 Å². The fourth-order valence-electron chi connectivity index (χ4n) is 3.29. The highest BCUT2D eigenvalue weighted by Crippen LogP contribution is 2.36. The number of carbonyl (C=O) groups excluding carboxylic acids is 1. The van der Waals surface area contributed by atoms with Crippen LogP contribution in [-0.4, -0.2) is 36.5 Å². The number of amides is 1. The van der Waals surface area contributed by atoms with Crippen LogP contribution in [0.3, 0.4) is 0 Å². The number of nitrogens with two attached hydrogens (primary N) is 1. The molecule has 1 heterocycles. The molecular weight excluding hydrogens is 268 g/mol.